The number of aromatic nitrogens is 3. The van der Waals surface area contributed by atoms with Crippen LogP contribution in [0.2, 0.25) is 0 Å². The summed E-state index contributed by atoms with van der Waals surface area (Å²) in [4.78, 5) is 4.51. The van der Waals surface area contributed by atoms with Crippen molar-refractivity contribution in [1.82, 2.24) is 14.8 Å². The molecule has 0 unspecified atom stereocenters. The maximum absolute atomic E-state index is 13.5. The van der Waals surface area contributed by atoms with Gasteiger partial charge in [-0.1, -0.05) is 18.2 Å². The summed E-state index contributed by atoms with van der Waals surface area (Å²) >= 11 is 0. The van der Waals surface area contributed by atoms with E-state index < -0.39 is 11.7 Å². The third-order valence-corrected chi connectivity index (χ3v) is 4.13. The molecule has 3 nitrogen and oxygen atoms in total. The number of pyridine rings is 1. The van der Waals surface area contributed by atoms with E-state index in [1.165, 1.54) is 10.7 Å². The highest BCUT2D eigenvalue weighted by Gasteiger charge is 2.37. The van der Waals surface area contributed by atoms with Crippen LogP contribution in [0.4, 0.5) is 13.2 Å². The van der Waals surface area contributed by atoms with Crippen molar-refractivity contribution in [3.8, 4) is 5.69 Å². The number of nitrogens with zero attached hydrogens (tertiary/aromatic N) is 3. The van der Waals surface area contributed by atoms with Gasteiger partial charge in [0.25, 0.3) is 0 Å². The van der Waals surface area contributed by atoms with E-state index in [4.69, 9.17) is 0 Å². The van der Waals surface area contributed by atoms with E-state index >= 15 is 0 Å². The van der Waals surface area contributed by atoms with Gasteiger partial charge in [-0.05, 0) is 38.0 Å². The SMILES string of the molecule is Cc1nn(-c2ccccc2)c2nc(C3CC3)cc(C(F)(F)F)c12. The third kappa shape index (κ3) is 2.38. The lowest BCUT2D eigenvalue weighted by Crippen LogP contribution is -2.08. The highest BCUT2D eigenvalue weighted by Crippen LogP contribution is 2.43. The molecule has 1 aliphatic carbocycles. The van der Waals surface area contributed by atoms with Crippen LogP contribution < -0.4 is 0 Å². The number of hydrogen-bond donors (Lipinski definition) is 0. The highest BCUT2D eigenvalue weighted by molar-refractivity contribution is 5.84. The smallest absolute Gasteiger partial charge is 0.233 e. The Morgan fingerprint density at radius 3 is 2.43 bits per heavy atom. The average molecular weight is 317 g/mol. The first-order valence-corrected chi connectivity index (χ1v) is 7.48. The molecule has 6 heteroatoms. The monoisotopic (exact) mass is 317 g/mol. The van der Waals surface area contributed by atoms with Crippen molar-refractivity contribution < 1.29 is 13.2 Å². The maximum atomic E-state index is 13.5. The molecule has 0 radical (unpaired) electrons. The summed E-state index contributed by atoms with van der Waals surface area (Å²) in [5.41, 5.74) is 1.21. The summed E-state index contributed by atoms with van der Waals surface area (Å²) in [5, 5.41) is 4.40. The zero-order chi connectivity index (χ0) is 16.2. The number of hydrogen-bond acceptors (Lipinski definition) is 2. The van der Waals surface area contributed by atoms with Crippen molar-refractivity contribution in [3.63, 3.8) is 0 Å². The maximum Gasteiger partial charge on any atom is 0.417 e. The summed E-state index contributed by atoms with van der Waals surface area (Å²) in [5.74, 6) is 0.139. The van der Waals surface area contributed by atoms with Crippen molar-refractivity contribution in [1.29, 1.82) is 0 Å². The van der Waals surface area contributed by atoms with Crippen molar-refractivity contribution in [3.05, 3.63) is 53.3 Å². The highest BCUT2D eigenvalue weighted by atomic mass is 19.4. The van der Waals surface area contributed by atoms with Crippen LogP contribution in [0.25, 0.3) is 16.7 Å². The molecule has 2 heterocycles. The first-order chi connectivity index (χ1) is 10.9. The number of para-hydroxylation sites is 1. The van der Waals surface area contributed by atoms with Crippen molar-refractivity contribution in [2.45, 2.75) is 31.9 Å². The van der Waals surface area contributed by atoms with Crippen LogP contribution in [0.5, 0.6) is 0 Å². The molecular formula is C17H14F3N3. The van der Waals surface area contributed by atoms with E-state index in [2.05, 4.69) is 10.1 Å². The van der Waals surface area contributed by atoms with Gasteiger partial charge in [0.1, 0.15) is 0 Å². The first-order valence-electron chi connectivity index (χ1n) is 7.48. The van der Waals surface area contributed by atoms with E-state index in [-0.39, 0.29) is 17.0 Å². The number of benzene rings is 1. The lowest BCUT2D eigenvalue weighted by atomic mass is 10.1. The van der Waals surface area contributed by atoms with Gasteiger partial charge < -0.3 is 0 Å². The molecule has 23 heavy (non-hydrogen) atoms. The predicted molar refractivity (Wildman–Crippen MR) is 80.6 cm³/mol. The fraction of sp³-hybridized carbons (Fsp3) is 0.294. The number of halogens is 3. The van der Waals surface area contributed by atoms with Crippen LogP contribution in [-0.4, -0.2) is 14.8 Å². The summed E-state index contributed by atoms with van der Waals surface area (Å²) in [7, 11) is 0. The third-order valence-electron chi connectivity index (χ3n) is 4.13. The minimum atomic E-state index is -4.42. The molecule has 0 bridgehead atoms. The molecule has 0 atom stereocenters. The molecule has 1 fully saturated rings. The summed E-state index contributed by atoms with van der Waals surface area (Å²) < 4.78 is 42.0. The number of rotatable bonds is 2. The molecule has 2 aromatic heterocycles. The van der Waals surface area contributed by atoms with Gasteiger partial charge in [-0.15, -0.1) is 0 Å². The lowest BCUT2D eigenvalue weighted by Gasteiger charge is -2.11. The molecule has 118 valence electrons. The van der Waals surface area contributed by atoms with Gasteiger partial charge in [0.05, 0.1) is 22.3 Å². The minimum absolute atomic E-state index is 0.0887. The molecule has 0 spiro atoms. The van der Waals surface area contributed by atoms with Crippen molar-refractivity contribution in [2.75, 3.05) is 0 Å². The average Bonchev–Trinajstić information content (AvgIpc) is 3.31. The fourth-order valence-corrected chi connectivity index (χ4v) is 2.87. The van der Waals surface area contributed by atoms with E-state index in [1.807, 2.05) is 30.3 Å². The van der Waals surface area contributed by atoms with Crippen LogP contribution in [0, 0.1) is 6.92 Å². The standard InChI is InChI=1S/C17H14F3N3/c1-10-15-13(17(18,19)20)9-14(11-7-8-11)21-16(15)23(22-10)12-5-3-2-4-6-12/h2-6,9,11H,7-8H2,1H3. The molecule has 1 saturated carbocycles. The normalized spacial score (nSPS) is 15.3. The largest absolute Gasteiger partial charge is 0.417 e. The van der Waals surface area contributed by atoms with E-state index in [9.17, 15) is 13.2 Å². The number of aryl methyl sites for hydroxylation is 1. The Morgan fingerprint density at radius 1 is 1.13 bits per heavy atom. The molecule has 0 N–H and O–H groups in total. The van der Waals surface area contributed by atoms with Crippen LogP contribution in [0.15, 0.2) is 36.4 Å². The molecule has 3 aromatic rings. The van der Waals surface area contributed by atoms with Crippen LogP contribution >= 0.6 is 0 Å². The van der Waals surface area contributed by atoms with Gasteiger partial charge in [0.2, 0.25) is 0 Å². The molecule has 1 aliphatic rings. The van der Waals surface area contributed by atoms with Crippen LogP contribution in [-0.2, 0) is 6.18 Å². The topological polar surface area (TPSA) is 30.7 Å². The molecule has 0 aliphatic heterocycles. The second-order valence-corrected chi connectivity index (χ2v) is 5.90. The first kappa shape index (κ1) is 14.2. The zero-order valence-electron chi connectivity index (χ0n) is 12.4. The fourth-order valence-electron chi connectivity index (χ4n) is 2.87. The molecule has 0 amide bonds. The summed E-state index contributed by atoms with van der Waals surface area (Å²) in [6.45, 7) is 1.59. The number of alkyl halides is 3. The van der Waals surface area contributed by atoms with E-state index in [0.29, 0.717) is 17.1 Å². The lowest BCUT2D eigenvalue weighted by molar-refractivity contribution is -0.136. The summed E-state index contributed by atoms with van der Waals surface area (Å²) in [6, 6.07) is 10.3. The Labute approximate surface area is 130 Å². The van der Waals surface area contributed by atoms with Gasteiger partial charge in [0, 0.05) is 11.6 Å². The van der Waals surface area contributed by atoms with Gasteiger partial charge in [-0.25, -0.2) is 9.67 Å². The van der Waals surface area contributed by atoms with Crippen LogP contribution in [0.1, 0.15) is 35.7 Å². The molecular weight excluding hydrogens is 303 g/mol. The zero-order valence-corrected chi connectivity index (χ0v) is 12.4. The van der Waals surface area contributed by atoms with Crippen LogP contribution in [0.3, 0.4) is 0 Å². The summed E-state index contributed by atoms with van der Waals surface area (Å²) in [6.07, 6.45) is -2.62. The van der Waals surface area contributed by atoms with Crippen molar-refractivity contribution >= 4 is 11.0 Å². The predicted octanol–water partition coefficient (Wildman–Crippen LogP) is 4.63. The Balaban J connectivity index is 2.05. The second-order valence-electron chi connectivity index (χ2n) is 5.90. The van der Waals surface area contributed by atoms with Gasteiger partial charge in [-0.2, -0.15) is 18.3 Å². The molecule has 0 saturated heterocycles. The van der Waals surface area contributed by atoms with Gasteiger partial charge in [-0.3, -0.25) is 0 Å². The van der Waals surface area contributed by atoms with Gasteiger partial charge in [0.15, 0.2) is 5.65 Å². The Bertz CT molecular complexity index is 877. The molecule has 1 aromatic carbocycles. The Kier molecular flexibility index (Phi) is 2.98. The minimum Gasteiger partial charge on any atom is -0.233 e. The van der Waals surface area contributed by atoms with Crippen molar-refractivity contribution in [2.24, 2.45) is 0 Å². The van der Waals surface area contributed by atoms with Gasteiger partial charge >= 0.3 is 6.18 Å². The number of fused-ring (bicyclic) bond motifs is 1. The Hall–Kier alpha value is -2.37. The second kappa shape index (κ2) is 4.81. The molecule has 4 rings (SSSR count). The van der Waals surface area contributed by atoms with E-state index in [0.717, 1.165) is 12.8 Å². The quantitative estimate of drug-likeness (QED) is 0.690. The van der Waals surface area contributed by atoms with E-state index in [1.54, 1.807) is 6.92 Å². The Morgan fingerprint density at radius 2 is 1.83 bits per heavy atom.